The lowest BCUT2D eigenvalue weighted by Crippen LogP contribution is -2.54. The van der Waals surface area contributed by atoms with Crippen LogP contribution in [0.1, 0.15) is 22.5 Å². The second-order valence-electron chi connectivity index (χ2n) is 4.57. The van der Waals surface area contributed by atoms with Crippen LogP contribution in [0.4, 0.5) is 13.2 Å². The second kappa shape index (κ2) is 5.55. The van der Waals surface area contributed by atoms with E-state index in [1.165, 1.54) is 11.8 Å². The number of hydrogen-bond donors (Lipinski definition) is 2. The molecule has 21 heavy (non-hydrogen) atoms. The average molecular weight is 320 g/mol. The molecule has 0 saturated carbocycles. The molecule has 0 aliphatic carbocycles. The van der Waals surface area contributed by atoms with Crippen LogP contribution in [0.3, 0.4) is 0 Å². The van der Waals surface area contributed by atoms with E-state index in [0.717, 1.165) is 12.1 Å². The van der Waals surface area contributed by atoms with Crippen molar-refractivity contribution < 1.29 is 27.9 Å². The van der Waals surface area contributed by atoms with Gasteiger partial charge in [0.25, 0.3) is 5.91 Å². The number of aromatic nitrogens is 1. The number of rotatable bonds is 3. The standard InChI is InChI=1S/C12H11F3N2O3S/c13-12(14,15)7-1-2-8(16-5-7)9(18)17-11(10(19)20)3-4-21-6-11/h1-2,5H,3-4,6H2,(H,17,18)(H,19,20). The first kappa shape index (κ1) is 15.6. The number of hydrogen-bond acceptors (Lipinski definition) is 4. The van der Waals surface area contributed by atoms with Crippen molar-refractivity contribution in [3.8, 4) is 0 Å². The van der Waals surface area contributed by atoms with Gasteiger partial charge in [0, 0.05) is 11.9 Å². The first-order chi connectivity index (χ1) is 9.74. The number of alkyl halides is 3. The lowest BCUT2D eigenvalue weighted by atomic mass is 9.99. The summed E-state index contributed by atoms with van der Waals surface area (Å²) in [4.78, 5) is 26.7. The van der Waals surface area contributed by atoms with Gasteiger partial charge in [0.15, 0.2) is 0 Å². The third kappa shape index (κ3) is 3.29. The predicted octanol–water partition coefficient (Wildman–Crippen LogP) is 1.79. The number of nitrogens with zero attached hydrogens (tertiary/aromatic N) is 1. The zero-order valence-electron chi connectivity index (χ0n) is 10.6. The highest BCUT2D eigenvalue weighted by atomic mass is 32.2. The normalized spacial score (nSPS) is 22.0. The van der Waals surface area contributed by atoms with Gasteiger partial charge < -0.3 is 10.4 Å². The molecule has 1 amide bonds. The Morgan fingerprint density at radius 1 is 1.38 bits per heavy atom. The van der Waals surface area contributed by atoms with Gasteiger partial charge in [-0.3, -0.25) is 9.78 Å². The lowest BCUT2D eigenvalue weighted by molar-refractivity contribution is -0.143. The highest BCUT2D eigenvalue weighted by Gasteiger charge is 2.43. The molecule has 114 valence electrons. The summed E-state index contributed by atoms with van der Waals surface area (Å²) in [6.45, 7) is 0. The molecule has 1 unspecified atom stereocenters. The van der Waals surface area contributed by atoms with Gasteiger partial charge in [0.2, 0.25) is 0 Å². The van der Waals surface area contributed by atoms with Gasteiger partial charge in [0.05, 0.1) is 5.56 Å². The monoisotopic (exact) mass is 320 g/mol. The molecular weight excluding hydrogens is 309 g/mol. The van der Waals surface area contributed by atoms with Crippen molar-refractivity contribution >= 4 is 23.6 Å². The van der Waals surface area contributed by atoms with E-state index < -0.39 is 29.2 Å². The van der Waals surface area contributed by atoms with E-state index in [1.807, 2.05) is 0 Å². The molecule has 1 aromatic rings. The summed E-state index contributed by atoms with van der Waals surface area (Å²) in [7, 11) is 0. The summed E-state index contributed by atoms with van der Waals surface area (Å²) in [6, 6.07) is 1.66. The maximum Gasteiger partial charge on any atom is 0.417 e. The Morgan fingerprint density at radius 3 is 2.52 bits per heavy atom. The van der Waals surface area contributed by atoms with Crippen molar-refractivity contribution in [3.05, 3.63) is 29.6 Å². The molecule has 2 N–H and O–H groups in total. The van der Waals surface area contributed by atoms with Gasteiger partial charge in [-0.25, -0.2) is 4.79 Å². The van der Waals surface area contributed by atoms with Crippen LogP contribution in [-0.2, 0) is 11.0 Å². The summed E-state index contributed by atoms with van der Waals surface area (Å²) < 4.78 is 37.2. The van der Waals surface area contributed by atoms with Crippen LogP contribution in [0, 0.1) is 0 Å². The topological polar surface area (TPSA) is 79.3 Å². The Kier molecular flexibility index (Phi) is 4.13. The van der Waals surface area contributed by atoms with E-state index in [2.05, 4.69) is 10.3 Å². The molecule has 0 radical (unpaired) electrons. The summed E-state index contributed by atoms with van der Waals surface area (Å²) >= 11 is 1.39. The summed E-state index contributed by atoms with van der Waals surface area (Å²) in [5.41, 5.74) is -2.60. The van der Waals surface area contributed by atoms with Crippen molar-refractivity contribution in [2.24, 2.45) is 0 Å². The Labute approximate surface area is 121 Å². The Hall–Kier alpha value is -1.77. The van der Waals surface area contributed by atoms with E-state index in [-0.39, 0.29) is 17.9 Å². The third-order valence-corrected chi connectivity index (χ3v) is 4.30. The summed E-state index contributed by atoms with van der Waals surface area (Å²) in [5.74, 6) is -1.15. The van der Waals surface area contributed by atoms with Gasteiger partial charge in [-0.15, -0.1) is 0 Å². The minimum absolute atomic E-state index is 0.217. The third-order valence-electron chi connectivity index (χ3n) is 3.11. The minimum Gasteiger partial charge on any atom is -0.479 e. The molecule has 0 bridgehead atoms. The zero-order valence-corrected chi connectivity index (χ0v) is 11.4. The number of carboxylic acids is 1. The van der Waals surface area contributed by atoms with Crippen LogP contribution in [0.25, 0.3) is 0 Å². The van der Waals surface area contributed by atoms with Gasteiger partial charge in [0.1, 0.15) is 11.2 Å². The molecule has 2 rings (SSSR count). The molecule has 0 aromatic carbocycles. The van der Waals surface area contributed by atoms with Crippen LogP contribution >= 0.6 is 11.8 Å². The molecule has 1 saturated heterocycles. The summed E-state index contributed by atoms with van der Waals surface area (Å²) in [5, 5.41) is 11.6. The molecule has 5 nitrogen and oxygen atoms in total. The molecule has 1 aromatic heterocycles. The van der Waals surface area contributed by atoms with Crippen LogP contribution in [-0.4, -0.2) is 39.0 Å². The highest BCUT2D eigenvalue weighted by Crippen LogP contribution is 2.30. The number of nitrogens with one attached hydrogen (secondary N) is 1. The van der Waals surface area contributed by atoms with Crippen LogP contribution in [0.2, 0.25) is 0 Å². The molecule has 1 fully saturated rings. The Balaban J connectivity index is 2.15. The number of carbonyl (C=O) groups is 2. The molecule has 1 aliphatic rings. The van der Waals surface area contributed by atoms with Crippen LogP contribution < -0.4 is 5.32 Å². The van der Waals surface area contributed by atoms with E-state index in [1.54, 1.807) is 0 Å². The largest absolute Gasteiger partial charge is 0.479 e. The van der Waals surface area contributed by atoms with E-state index in [4.69, 9.17) is 0 Å². The summed E-state index contributed by atoms with van der Waals surface area (Å²) in [6.07, 6.45) is -3.72. The SMILES string of the molecule is O=C(NC1(C(=O)O)CCSC1)c1ccc(C(F)(F)F)cn1. The van der Waals surface area contributed by atoms with Gasteiger partial charge >= 0.3 is 12.1 Å². The number of amides is 1. The van der Waals surface area contributed by atoms with Crippen molar-refractivity contribution in [2.75, 3.05) is 11.5 Å². The van der Waals surface area contributed by atoms with Crippen LogP contribution in [0.5, 0.6) is 0 Å². The first-order valence-corrected chi connectivity index (χ1v) is 7.07. The van der Waals surface area contributed by atoms with Gasteiger partial charge in [-0.05, 0) is 24.3 Å². The van der Waals surface area contributed by atoms with E-state index in [9.17, 15) is 27.9 Å². The fourth-order valence-corrected chi connectivity index (χ4v) is 3.19. The molecule has 9 heteroatoms. The number of aliphatic carboxylic acids is 1. The van der Waals surface area contributed by atoms with Crippen molar-refractivity contribution in [1.82, 2.24) is 10.3 Å². The number of thioether (sulfide) groups is 1. The number of carboxylic acid groups (broad SMARTS) is 1. The Bertz CT molecular complexity index is 554. The quantitative estimate of drug-likeness (QED) is 0.888. The smallest absolute Gasteiger partial charge is 0.417 e. The number of carbonyl (C=O) groups excluding carboxylic acids is 1. The predicted molar refractivity (Wildman–Crippen MR) is 69.0 cm³/mol. The molecular formula is C12H11F3N2O3S. The lowest BCUT2D eigenvalue weighted by Gasteiger charge is -2.24. The maximum atomic E-state index is 12.4. The van der Waals surface area contributed by atoms with Crippen molar-refractivity contribution in [2.45, 2.75) is 18.1 Å². The average Bonchev–Trinajstić information content (AvgIpc) is 2.88. The van der Waals surface area contributed by atoms with Crippen molar-refractivity contribution in [3.63, 3.8) is 0 Å². The molecule has 0 spiro atoms. The Morgan fingerprint density at radius 2 is 2.10 bits per heavy atom. The zero-order chi connectivity index (χ0) is 15.7. The number of pyridine rings is 1. The molecule has 1 aliphatic heterocycles. The fourth-order valence-electron chi connectivity index (χ4n) is 1.86. The fraction of sp³-hybridized carbons (Fsp3) is 0.417. The second-order valence-corrected chi connectivity index (χ2v) is 5.68. The molecule has 2 heterocycles. The minimum atomic E-state index is -4.54. The van der Waals surface area contributed by atoms with Gasteiger partial charge in [-0.2, -0.15) is 24.9 Å². The maximum absolute atomic E-state index is 12.4. The highest BCUT2D eigenvalue weighted by molar-refractivity contribution is 7.99. The number of halogens is 3. The van der Waals surface area contributed by atoms with Crippen LogP contribution in [0.15, 0.2) is 18.3 Å². The van der Waals surface area contributed by atoms with E-state index >= 15 is 0 Å². The first-order valence-electron chi connectivity index (χ1n) is 5.91. The van der Waals surface area contributed by atoms with E-state index in [0.29, 0.717) is 11.9 Å². The van der Waals surface area contributed by atoms with Gasteiger partial charge in [-0.1, -0.05) is 0 Å². The van der Waals surface area contributed by atoms with Crippen molar-refractivity contribution in [1.29, 1.82) is 0 Å². The molecule has 1 atom stereocenters.